The number of rotatable bonds is 3. The number of aliphatic imine (C=N–C) groups is 1. The van der Waals surface area contributed by atoms with Crippen molar-refractivity contribution in [1.29, 1.82) is 0 Å². The molecular weight excluding hydrogens is 190 g/mol. The number of hydrogen-bond donors (Lipinski definition) is 3. The third-order valence-electron chi connectivity index (χ3n) is 3.17. The Morgan fingerprint density at radius 2 is 1.80 bits per heavy atom. The summed E-state index contributed by atoms with van der Waals surface area (Å²) in [5, 5.41) is 1.35. The van der Waals surface area contributed by atoms with Crippen molar-refractivity contribution < 1.29 is 0 Å². The van der Waals surface area contributed by atoms with Crippen LogP contribution in [0.2, 0.25) is 0 Å². The number of nitrogens with zero attached hydrogens (tertiary/aromatic N) is 2. The van der Waals surface area contributed by atoms with Crippen LogP contribution in [0.3, 0.4) is 0 Å². The van der Waals surface area contributed by atoms with E-state index >= 15 is 0 Å². The molecule has 0 amide bonds. The zero-order valence-electron chi connectivity index (χ0n) is 9.52. The Morgan fingerprint density at radius 3 is 2.27 bits per heavy atom. The summed E-state index contributed by atoms with van der Waals surface area (Å²) in [6, 6.07) is 0. The summed E-state index contributed by atoms with van der Waals surface area (Å²) in [4.78, 5) is 4.26. The van der Waals surface area contributed by atoms with Gasteiger partial charge in [0.05, 0.1) is 0 Å². The monoisotopic (exact) mass is 213 g/mol. The van der Waals surface area contributed by atoms with Crippen molar-refractivity contribution in [2.75, 3.05) is 20.1 Å². The van der Waals surface area contributed by atoms with E-state index in [0.717, 1.165) is 19.0 Å². The molecule has 0 aliphatic heterocycles. The molecule has 15 heavy (non-hydrogen) atoms. The first-order valence-electron chi connectivity index (χ1n) is 5.62. The largest absolute Gasteiger partial charge is 0.369 e. The Kier molecular flexibility index (Phi) is 4.84. The summed E-state index contributed by atoms with van der Waals surface area (Å²) >= 11 is 0. The van der Waals surface area contributed by atoms with Gasteiger partial charge in [0.2, 0.25) is 5.96 Å². The molecular formula is C10H23N5. The normalized spacial score (nSPS) is 27.8. The molecule has 0 spiro atoms. The van der Waals surface area contributed by atoms with Crippen molar-refractivity contribution >= 4 is 5.96 Å². The second-order valence-corrected chi connectivity index (χ2v) is 4.43. The molecule has 1 aliphatic carbocycles. The third kappa shape index (κ3) is 4.05. The van der Waals surface area contributed by atoms with Gasteiger partial charge in [-0.3, -0.25) is 10.0 Å². The minimum atomic E-state index is 0.413. The molecule has 0 bridgehead atoms. The lowest BCUT2D eigenvalue weighted by Crippen LogP contribution is -2.39. The van der Waals surface area contributed by atoms with Gasteiger partial charge in [0.1, 0.15) is 0 Å². The van der Waals surface area contributed by atoms with Gasteiger partial charge >= 0.3 is 0 Å². The summed E-state index contributed by atoms with van der Waals surface area (Å²) in [6.45, 7) is 1.62. The Morgan fingerprint density at radius 1 is 1.27 bits per heavy atom. The first-order chi connectivity index (χ1) is 7.13. The average Bonchev–Trinajstić information content (AvgIpc) is 2.26. The van der Waals surface area contributed by atoms with Crippen LogP contribution in [-0.4, -0.2) is 31.1 Å². The molecule has 1 saturated carbocycles. The van der Waals surface area contributed by atoms with Gasteiger partial charge in [0, 0.05) is 13.6 Å². The fourth-order valence-electron chi connectivity index (χ4n) is 1.98. The molecule has 6 N–H and O–H groups in total. The lowest BCUT2D eigenvalue weighted by molar-refractivity contribution is 0.285. The minimum absolute atomic E-state index is 0.413. The van der Waals surface area contributed by atoms with Gasteiger partial charge in [0.25, 0.3) is 0 Å². The van der Waals surface area contributed by atoms with E-state index in [2.05, 4.69) is 4.99 Å². The van der Waals surface area contributed by atoms with Crippen molar-refractivity contribution in [3.63, 3.8) is 0 Å². The summed E-state index contributed by atoms with van der Waals surface area (Å²) in [7, 11) is 1.70. The Hall–Kier alpha value is -0.810. The molecule has 0 radical (unpaired) electrons. The van der Waals surface area contributed by atoms with Crippen LogP contribution in [0.4, 0.5) is 0 Å². The van der Waals surface area contributed by atoms with Crippen LogP contribution in [0.5, 0.6) is 0 Å². The highest BCUT2D eigenvalue weighted by Gasteiger charge is 2.19. The molecule has 0 heterocycles. The Labute approximate surface area is 91.7 Å². The second kappa shape index (κ2) is 5.92. The van der Waals surface area contributed by atoms with Gasteiger partial charge in [-0.15, -0.1) is 0 Å². The molecule has 1 fully saturated rings. The lowest BCUT2D eigenvalue weighted by Gasteiger charge is -2.26. The van der Waals surface area contributed by atoms with Crippen molar-refractivity contribution in [2.24, 2.45) is 34.1 Å². The molecule has 0 aromatic carbocycles. The fraction of sp³-hybridized carbons (Fsp3) is 0.900. The molecule has 5 heteroatoms. The number of hydrogen-bond acceptors (Lipinski definition) is 3. The first-order valence-corrected chi connectivity index (χ1v) is 5.62. The van der Waals surface area contributed by atoms with Crippen molar-refractivity contribution in [3.05, 3.63) is 0 Å². The molecule has 1 aliphatic rings. The highest BCUT2D eigenvalue weighted by Crippen LogP contribution is 2.28. The van der Waals surface area contributed by atoms with Crippen LogP contribution in [0, 0.1) is 11.8 Å². The van der Waals surface area contributed by atoms with Crippen LogP contribution < -0.4 is 17.3 Å². The molecule has 5 nitrogen and oxygen atoms in total. The SMILES string of the molecule is CN(N)C(N)=NCC1CCC(CN)CC1. The van der Waals surface area contributed by atoms with Gasteiger partial charge in [-0.1, -0.05) is 0 Å². The van der Waals surface area contributed by atoms with Crippen molar-refractivity contribution in [2.45, 2.75) is 25.7 Å². The van der Waals surface area contributed by atoms with Gasteiger partial charge in [-0.2, -0.15) is 0 Å². The zero-order valence-corrected chi connectivity index (χ0v) is 9.52. The quantitative estimate of drug-likeness (QED) is 0.263. The van der Waals surface area contributed by atoms with Crippen LogP contribution in [0.15, 0.2) is 4.99 Å². The third-order valence-corrected chi connectivity index (χ3v) is 3.17. The fourth-order valence-corrected chi connectivity index (χ4v) is 1.98. The topological polar surface area (TPSA) is 93.7 Å². The van der Waals surface area contributed by atoms with Gasteiger partial charge in [0.15, 0.2) is 0 Å². The van der Waals surface area contributed by atoms with E-state index in [9.17, 15) is 0 Å². The predicted octanol–water partition coefficient (Wildman–Crippen LogP) is -0.128. The van der Waals surface area contributed by atoms with E-state index in [1.807, 2.05) is 0 Å². The van der Waals surface area contributed by atoms with Gasteiger partial charge in [-0.25, -0.2) is 5.84 Å². The van der Waals surface area contributed by atoms with Crippen molar-refractivity contribution in [3.8, 4) is 0 Å². The number of guanidine groups is 1. The van der Waals surface area contributed by atoms with E-state index in [1.165, 1.54) is 30.7 Å². The summed E-state index contributed by atoms with van der Waals surface area (Å²) in [5.41, 5.74) is 11.3. The Bertz CT molecular complexity index is 206. The van der Waals surface area contributed by atoms with Crippen LogP contribution >= 0.6 is 0 Å². The standard InChI is InChI=1S/C10H23N5/c1-15(13)10(12)14-7-9-4-2-8(6-11)3-5-9/h8-9H,2-7,11,13H2,1H3,(H2,12,14). The van der Waals surface area contributed by atoms with Gasteiger partial charge < -0.3 is 11.5 Å². The molecule has 0 atom stereocenters. The van der Waals surface area contributed by atoms with E-state index in [0.29, 0.717) is 11.9 Å². The molecule has 0 saturated heterocycles. The first kappa shape index (κ1) is 12.3. The van der Waals surface area contributed by atoms with Crippen LogP contribution in [0.1, 0.15) is 25.7 Å². The maximum absolute atomic E-state index is 5.64. The Balaban J connectivity index is 2.27. The molecule has 0 unspecified atom stereocenters. The second-order valence-electron chi connectivity index (χ2n) is 4.43. The van der Waals surface area contributed by atoms with Gasteiger partial charge in [-0.05, 0) is 44.1 Å². The van der Waals surface area contributed by atoms with E-state index < -0.39 is 0 Å². The van der Waals surface area contributed by atoms with Crippen molar-refractivity contribution in [1.82, 2.24) is 5.01 Å². The minimum Gasteiger partial charge on any atom is -0.369 e. The zero-order chi connectivity index (χ0) is 11.3. The smallest absolute Gasteiger partial charge is 0.205 e. The maximum atomic E-state index is 5.64. The van der Waals surface area contributed by atoms with E-state index in [-0.39, 0.29) is 0 Å². The average molecular weight is 213 g/mol. The highest BCUT2D eigenvalue weighted by atomic mass is 15.4. The van der Waals surface area contributed by atoms with E-state index in [1.54, 1.807) is 7.05 Å². The lowest BCUT2D eigenvalue weighted by atomic mass is 9.82. The summed E-state index contributed by atoms with van der Waals surface area (Å²) < 4.78 is 0. The predicted molar refractivity (Wildman–Crippen MR) is 62.9 cm³/mol. The van der Waals surface area contributed by atoms with Crippen LogP contribution in [0.25, 0.3) is 0 Å². The maximum Gasteiger partial charge on any atom is 0.205 e. The molecule has 0 aromatic heterocycles. The summed E-state index contributed by atoms with van der Waals surface area (Å²) in [6.07, 6.45) is 4.89. The number of hydrazine groups is 1. The van der Waals surface area contributed by atoms with Crippen LogP contribution in [-0.2, 0) is 0 Å². The molecule has 0 aromatic rings. The molecule has 88 valence electrons. The summed E-state index contributed by atoms with van der Waals surface area (Å²) in [5.74, 6) is 7.25. The number of nitrogens with two attached hydrogens (primary N) is 3. The molecule has 1 rings (SSSR count). The van der Waals surface area contributed by atoms with E-state index in [4.69, 9.17) is 17.3 Å². The highest BCUT2D eigenvalue weighted by molar-refractivity contribution is 5.77.